The van der Waals surface area contributed by atoms with Crippen LogP contribution in [0.1, 0.15) is 48.9 Å². The highest BCUT2D eigenvalue weighted by Gasteiger charge is 2.07. The molecule has 2 aromatic rings. The van der Waals surface area contributed by atoms with E-state index in [0.29, 0.717) is 29.8 Å². The zero-order valence-corrected chi connectivity index (χ0v) is 15.6. The summed E-state index contributed by atoms with van der Waals surface area (Å²) >= 11 is 3.31. The molecule has 1 aromatic heterocycles. The summed E-state index contributed by atoms with van der Waals surface area (Å²) in [6.07, 6.45) is 7.67. The van der Waals surface area contributed by atoms with Crippen molar-refractivity contribution in [1.82, 2.24) is 4.98 Å². The Morgan fingerprint density at radius 1 is 1.04 bits per heavy atom. The molecule has 1 aromatic carbocycles. The first-order valence-corrected chi connectivity index (χ1v) is 9.13. The number of anilines is 2. The number of nitrogens with one attached hydrogen (secondary N) is 1. The van der Waals surface area contributed by atoms with Gasteiger partial charge >= 0.3 is 0 Å². The molecular weight excluding hydrogens is 382 g/mol. The van der Waals surface area contributed by atoms with Crippen molar-refractivity contribution in [2.24, 2.45) is 0 Å². The van der Waals surface area contributed by atoms with Crippen LogP contribution in [0.5, 0.6) is 0 Å². The molecule has 0 aliphatic rings. The monoisotopic (exact) mass is 403 g/mol. The Hall–Kier alpha value is -2.21. The minimum Gasteiger partial charge on any atom is -0.397 e. The van der Waals surface area contributed by atoms with Crippen molar-refractivity contribution in [3.63, 3.8) is 0 Å². The van der Waals surface area contributed by atoms with Crippen molar-refractivity contribution in [2.45, 2.75) is 38.5 Å². The van der Waals surface area contributed by atoms with Crippen molar-refractivity contribution in [1.29, 1.82) is 0 Å². The summed E-state index contributed by atoms with van der Waals surface area (Å²) in [5, 5.41) is 2.82. The third-order valence-corrected chi connectivity index (χ3v) is 4.25. The number of para-hydroxylation sites is 2. The van der Waals surface area contributed by atoms with Crippen molar-refractivity contribution < 1.29 is 9.59 Å². The molecule has 6 heteroatoms. The van der Waals surface area contributed by atoms with Gasteiger partial charge in [0.2, 0.25) is 5.91 Å². The minimum atomic E-state index is -0.0332. The van der Waals surface area contributed by atoms with E-state index in [1.54, 1.807) is 30.6 Å². The van der Waals surface area contributed by atoms with Gasteiger partial charge in [-0.25, -0.2) is 0 Å². The van der Waals surface area contributed by atoms with Crippen LogP contribution >= 0.6 is 15.9 Å². The Balaban J connectivity index is 1.59. The maximum absolute atomic E-state index is 12.0. The largest absolute Gasteiger partial charge is 0.397 e. The fraction of sp³-hybridized carbons (Fsp3) is 0.316. The Morgan fingerprint density at radius 3 is 2.48 bits per heavy atom. The van der Waals surface area contributed by atoms with Gasteiger partial charge in [0, 0.05) is 35.3 Å². The predicted octanol–water partition coefficient (Wildman–Crippen LogP) is 4.59. The highest BCUT2D eigenvalue weighted by atomic mass is 79.9. The Morgan fingerprint density at radius 2 is 1.76 bits per heavy atom. The topological polar surface area (TPSA) is 85.1 Å². The molecule has 0 fully saturated rings. The van der Waals surface area contributed by atoms with Gasteiger partial charge in [-0.15, -0.1) is 0 Å². The third-order valence-electron chi connectivity index (χ3n) is 3.82. The summed E-state index contributed by atoms with van der Waals surface area (Å²) in [6, 6.07) is 9.00. The molecule has 0 bridgehead atoms. The molecule has 0 atom stereocenters. The Kier molecular flexibility index (Phi) is 7.60. The molecule has 0 saturated heterocycles. The number of benzene rings is 1. The number of hydrogen-bond acceptors (Lipinski definition) is 4. The molecule has 2 rings (SSSR count). The van der Waals surface area contributed by atoms with Crippen LogP contribution in [0, 0.1) is 0 Å². The minimum absolute atomic E-state index is 0.0332. The SMILES string of the molecule is Nc1ccccc1NC(=O)CCCCCCC(=O)c1cncc(Br)c1. The van der Waals surface area contributed by atoms with Crippen molar-refractivity contribution >= 4 is 39.0 Å². The van der Waals surface area contributed by atoms with Gasteiger partial charge in [-0.05, 0) is 47.0 Å². The van der Waals surface area contributed by atoms with E-state index < -0.39 is 0 Å². The lowest BCUT2D eigenvalue weighted by Crippen LogP contribution is -2.12. The lowest BCUT2D eigenvalue weighted by molar-refractivity contribution is -0.116. The smallest absolute Gasteiger partial charge is 0.224 e. The normalized spacial score (nSPS) is 10.4. The summed E-state index contributed by atoms with van der Waals surface area (Å²) in [6.45, 7) is 0. The molecular formula is C19H22BrN3O2. The number of carbonyl (C=O) groups is 2. The molecule has 0 saturated carbocycles. The predicted molar refractivity (Wildman–Crippen MR) is 103 cm³/mol. The van der Waals surface area contributed by atoms with Crippen LogP contribution in [0.3, 0.4) is 0 Å². The lowest BCUT2D eigenvalue weighted by Gasteiger charge is -2.07. The van der Waals surface area contributed by atoms with E-state index in [1.165, 1.54) is 0 Å². The molecule has 25 heavy (non-hydrogen) atoms. The number of pyridine rings is 1. The van der Waals surface area contributed by atoms with Gasteiger partial charge < -0.3 is 11.1 Å². The number of nitrogens with two attached hydrogens (primary N) is 1. The average molecular weight is 404 g/mol. The quantitative estimate of drug-likeness (QED) is 0.364. The average Bonchev–Trinajstić information content (AvgIpc) is 2.60. The second kappa shape index (κ2) is 9.93. The number of Topliss-reactive ketones (excluding diaryl/α,β-unsaturated/α-hetero) is 1. The molecule has 5 nitrogen and oxygen atoms in total. The second-order valence-corrected chi connectivity index (χ2v) is 6.78. The maximum Gasteiger partial charge on any atom is 0.224 e. The zero-order chi connectivity index (χ0) is 18.1. The van der Waals surface area contributed by atoms with Crippen LogP contribution in [0.25, 0.3) is 0 Å². The van der Waals surface area contributed by atoms with Crippen LogP contribution < -0.4 is 11.1 Å². The van der Waals surface area contributed by atoms with Crippen molar-refractivity contribution in [3.05, 3.63) is 52.8 Å². The number of nitrogen functional groups attached to an aromatic ring is 1. The van der Waals surface area contributed by atoms with Crippen molar-refractivity contribution in [3.8, 4) is 0 Å². The highest BCUT2D eigenvalue weighted by Crippen LogP contribution is 2.17. The van der Waals surface area contributed by atoms with Gasteiger partial charge in [-0.3, -0.25) is 14.6 Å². The summed E-state index contributed by atoms with van der Waals surface area (Å²) in [5.41, 5.74) is 7.65. The van der Waals surface area contributed by atoms with Gasteiger partial charge in [0.1, 0.15) is 0 Å². The van der Waals surface area contributed by atoms with Crippen LogP contribution in [0.2, 0.25) is 0 Å². The number of ketones is 1. The molecule has 1 heterocycles. The number of aromatic nitrogens is 1. The molecule has 0 unspecified atom stereocenters. The van der Waals surface area contributed by atoms with Crippen LogP contribution in [-0.2, 0) is 4.79 Å². The van der Waals surface area contributed by atoms with E-state index in [1.807, 2.05) is 12.1 Å². The van der Waals surface area contributed by atoms with E-state index in [9.17, 15) is 9.59 Å². The number of rotatable bonds is 9. The molecule has 132 valence electrons. The number of halogens is 1. The van der Waals surface area contributed by atoms with E-state index in [0.717, 1.165) is 30.2 Å². The standard InChI is InChI=1S/C19H22BrN3O2/c20-15-11-14(12-22-13-15)18(24)9-3-1-2-4-10-19(25)23-17-8-6-5-7-16(17)21/h5-8,11-13H,1-4,9-10,21H2,(H,23,25). The molecule has 1 amide bonds. The number of carbonyl (C=O) groups excluding carboxylic acids is 2. The number of unbranched alkanes of at least 4 members (excludes halogenated alkanes) is 3. The first kappa shape index (κ1) is 19.1. The lowest BCUT2D eigenvalue weighted by atomic mass is 10.0. The van der Waals surface area contributed by atoms with Crippen LogP contribution in [0.15, 0.2) is 47.2 Å². The van der Waals surface area contributed by atoms with E-state index >= 15 is 0 Å². The van der Waals surface area contributed by atoms with Gasteiger partial charge in [0.25, 0.3) is 0 Å². The van der Waals surface area contributed by atoms with E-state index in [2.05, 4.69) is 26.2 Å². The van der Waals surface area contributed by atoms with E-state index in [-0.39, 0.29) is 11.7 Å². The van der Waals surface area contributed by atoms with Gasteiger partial charge in [0.05, 0.1) is 11.4 Å². The number of nitrogens with zero attached hydrogens (tertiary/aromatic N) is 1. The van der Waals surface area contributed by atoms with E-state index in [4.69, 9.17) is 5.73 Å². The Bertz CT molecular complexity index is 734. The third kappa shape index (κ3) is 6.66. The van der Waals surface area contributed by atoms with Gasteiger partial charge in [-0.1, -0.05) is 25.0 Å². The first-order chi connectivity index (χ1) is 12.1. The summed E-state index contributed by atoms with van der Waals surface area (Å²) < 4.78 is 0.809. The fourth-order valence-corrected chi connectivity index (χ4v) is 2.82. The van der Waals surface area contributed by atoms with Crippen molar-refractivity contribution in [2.75, 3.05) is 11.1 Å². The second-order valence-electron chi connectivity index (χ2n) is 5.86. The highest BCUT2D eigenvalue weighted by molar-refractivity contribution is 9.10. The molecule has 0 aliphatic heterocycles. The molecule has 3 N–H and O–H groups in total. The summed E-state index contributed by atoms with van der Waals surface area (Å²) in [7, 11) is 0. The first-order valence-electron chi connectivity index (χ1n) is 8.34. The maximum atomic E-state index is 12.0. The van der Waals surface area contributed by atoms with Gasteiger partial charge in [-0.2, -0.15) is 0 Å². The zero-order valence-electron chi connectivity index (χ0n) is 14.0. The number of amides is 1. The van der Waals surface area contributed by atoms with Crippen LogP contribution in [0.4, 0.5) is 11.4 Å². The number of hydrogen-bond donors (Lipinski definition) is 2. The molecule has 0 radical (unpaired) electrons. The van der Waals surface area contributed by atoms with Gasteiger partial charge in [0.15, 0.2) is 5.78 Å². The fourth-order valence-electron chi connectivity index (χ4n) is 2.46. The Labute approximate surface area is 156 Å². The molecule has 0 spiro atoms. The molecule has 0 aliphatic carbocycles. The van der Waals surface area contributed by atoms with Crippen LogP contribution in [-0.4, -0.2) is 16.7 Å². The summed E-state index contributed by atoms with van der Waals surface area (Å²) in [5.74, 6) is 0.0697. The summed E-state index contributed by atoms with van der Waals surface area (Å²) in [4.78, 5) is 27.9.